The van der Waals surface area contributed by atoms with Crippen LogP contribution in [0.15, 0.2) is 24.3 Å². The summed E-state index contributed by atoms with van der Waals surface area (Å²) in [6, 6.07) is 7.20. The molecule has 1 saturated carbocycles. The summed E-state index contributed by atoms with van der Waals surface area (Å²) in [4.78, 5) is 22.6. The van der Waals surface area contributed by atoms with Crippen molar-refractivity contribution in [1.29, 1.82) is 0 Å². The summed E-state index contributed by atoms with van der Waals surface area (Å²) in [5.41, 5.74) is 8.06. The molecule has 1 heterocycles. The molecule has 6 heteroatoms. The quantitative estimate of drug-likeness (QED) is 0.737. The van der Waals surface area contributed by atoms with Gasteiger partial charge in [0.2, 0.25) is 5.91 Å². The first-order valence-electron chi connectivity index (χ1n) is 6.39. The lowest BCUT2D eigenvalue weighted by Crippen LogP contribution is -2.12. The Morgan fingerprint density at radius 3 is 2.65 bits per heavy atom. The highest BCUT2D eigenvalue weighted by Gasteiger charge is 2.29. The van der Waals surface area contributed by atoms with Gasteiger partial charge in [-0.3, -0.25) is 14.7 Å². The molecule has 1 amide bonds. The smallest absolute Gasteiger partial charge is 0.227 e. The monoisotopic (exact) mass is 270 g/mol. The van der Waals surface area contributed by atoms with Crippen LogP contribution in [0.2, 0.25) is 0 Å². The second kappa shape index (κ2) is 4.80. The van der Waals surface area contributed by atoms with Gasteiger partial charge in [-0.05, 0) is 25.0 Å². The first-order chi connectivity index (χ1) is 9.69. The van der Waals surface area contributed by atoms with Gasteiger partial charge in [0.25, 0.3) is 0 Å². The highest BCUT2D eigenvalue weighted by Crippen LogP contribution is 2.30. The average molecular weight is 270 g/mol. The Kier molecular flexibility index (Phi) is 2.98. The molecule has 0 saturated heterocycles. The fourth-order valence-electron chi connectivity index (χ4n) is 2.01. The molecular weight excluding hydrogens is 256 g/mol. The fraction of sp³-hybridized carbons (Fsp3) is 0.214. The lowest BCUT2D eigenvalue weighted by atomic mass is 10.1. The maximum atomic E-state index is 11.6. The van der Waals surface area contributed by atoms with Crippen molar-refractivity contribution < 1.29 is 9.59 Å². The van der Waals surface area contributed by atoms with Gasteiger partial charge in [-0.2, -0.15) is 5.10 Å². The van der Waals surface area contributed by atoms with Crippen molar-refractivity contribution in [2.24, 2.45) is 5.92 Å². The average Bonchev–Trinajstić information content (AvgIpc) is 3.23. The maximum Gasteiger partial charge on any atom is 0.227 e. The number of aromatic amines is 1. The van der Waals surface area contributed by atoms with E-state index in [1.807, 2.05) is 12.1 Å². The molecule has 1 aliphatic carbocycles. The Balaban J connectivity index is 1.81. The van der Waals surface area contributed by atoms with Crippen molar-refractivity contribution in [3.05, 3.63) is 29.8 Å². The summed E-state index contributed by atoms with van der Waals surface area (Å²) in [5, 5.41) is 9.41. The van der Waals surface area contributed by atoms with Crippen molar-refractivity contribution in [3.63, 3.8) is 0 Å². The highest BCUT2D eigenvalue weighted by atomic mass is 16.2. The fourth-order valence-corrected chi connectivity index (χ4v) is 2.01. The molecule has 20 heavy (non-hydrogen) atoms. The Morgan fingerprint density at radius 1 is 1.35 bits per heavy atom. The minimum absolute atomic E-state index is 0.0668. The number of hydrogen-bond acceptors (Lipinski definition) is 4. The third-order valence-electron chi connectivity index (χ3n) is 3.34. The second-order valence-corrected chi connectivity index (χ2v) is 4.86. The van der Waals surface area contributed by atoms with Crippen LogP contribution in [0.4, 0.5) is 11.5 Å². The number of carbonyl (C=O) groups is 2. The number of H-pyrrole nitrogens is 1. The summed E-state index contributed by atoms with van der Waals surface area (Å²) in [6.07, 6.45) is 2.62. The van der Waals surface area contributed by atoms with Crippen LogP contribution in [0, 0.1) is 5.92 Å². The molecule has 2 aromatic rings. The summed E-state index contributed by atoms with van der Waals surface area (Å²) < 4.78 is 0. The van der Waals surface area contributed by atoms with E-state index < -0.39 is 0 Å². The number of rotatable bonds is 4. The van der Waals surface area contributed by atoms with Crippen molar-refractivity contribution in [3.8, 4) is 11.3 Å². The first-order valence-corrected chi connectivity index (χ1v) is 6.39. The molecule has 0 spiro atoms. The molecule has 0 unspecified atom stereocenters. The van der Waals surface area contributed by atoms with Crippen molar-refractivity contribution in [1.82, 2.24) is 10.2 Å². The van der Waals surface area contributed by atoms with Crippen LogP contribution >= 0.6 is 0 Å². The molecule has 102 valence electrons. The van der Waals surface area contributed by atoms with Crippen LogP contribution in [0.5, 0.6) is 0 Å². The number of nitrogens with one attached hydrogen (secondary N) is 2. The lowest BCUT2D eigenvalue weighted by Gasteiger charge is -2.05. The van der Waals surface area contributed by atoms with Gasteiger partial charge >= 0.3 is 0 Å². The molecule has 0 atom stereocenters. The van der Waals surface area contributed by atoms with Gasteiger partial charge in [0.1, 0.15) is 0 Å². The Labute approximate surface area is 115 Å². The number of aldehydes is 1. The van der Waals surface area contributed by atoms with Gasteiger partial charge in [0, 0.05) is 17.2 Å². The number of aromatic nitrogens is 2. The number of nitrogens with two attached hydrogens (primary N) is 1. The van der Waals surface area contributed by atoms with Gasteiger partial charge in [0.15, 0.2) is 12.1 Å². The van der Waals surface area contributed by atoms with E-state index in [0.717, 1.165) is 24.1 Å². The molecule has 0 aliphatic heterocycles. The van der Waals surface area contributed by atoms with E-state index in [1.165, 1.54) is 0 Å². The zero-order valence-electron chi connectivity index (χ0n) is 10.7. The van der Waals surface area contributed by atoms with E-state index in [0.29, 0.717) is 17.5 Å². The van der Waals surface area contributed by atoms with E-state index >= 15 is 0 Å². The number of nitrogens with zero attached hydrogens (tertiary/aromatic N) is 1. The molecule has 4 N–H and O–H groups in total. The number of nitrogen functional groups attached to an aromatic ring is 1. The van der Waals surface area contributed by atoms with Crippen LogP contribution in [-0.4, -0.2) is 22.4 Å². The zero-order chi connectivity index (χ0) is 14.1. The minimum atomic E-state index is 0.0668. The van der Waals surface area contributed by atoms with Crippen LogP contribution in [0.3, 0.4) is 0 Å². The molecule has 1 fully saturated rings. The molecule has 3 rings (SSSR count). The standard InChI is InChI=1S/C14H14N4O2/c15-13-11(7-19)12(17-18-13)8-3-5-10(6-4-8)16-14(20)9-1-2-9/h3-7,9H,1-2H2,(H,16,20)(H3,15,17,18). The lowest BCUT2D eigenvalue weighted by molar-refractivity contribution is -0.117. The summed E-state index contributed by atoms with van der Waals surface area (Å²) >= 11 is 0. The molecule has 1 aromatic carbocycles. The van der Waals surface area contributed by atoms with Crippen molar-refractivity contribution in [2.75, 3.05) is 11.1 Å². The summed E-state index contributed by atoms with van der Waals surface area (Å²) in [5.74, 6) is 0.418. The molecule has 0 radical (unpaired) electrons. The van der Waals surface area contributed by atoms with Crippen LogP contribution in [0.1, 0.15) is 23.2 Å². The van der Waals surface area contributed by atoms with E-state index in [9.17, 15) is 9.59 Å². The zero-order valence-corrected chi connectivity index (χ0v) is 10.7. The highest BCUT2D eigenvalue weighted by molar-refractivity contribution is 5.95. The largest absolute Gasteiger partial charge is 0.382 e. The van der Waals surface area contributed by atoms with E-state index in [4.69, 9.17) is 5.73 Å². The van der Waals surface area contributed by atoms with Gasteiger partial charge in [-0.1, -0.05) is 12.1 Å². The number of carbonyl (C=O) groups excluding carboxylic acids is 2. The topological polar surface area (TPSA) is 101 Å². The third kappa shape index (κ3) is 2.27. The van der Waals surface area contributed by atoms with Crippen LogP contribution < -0.4 is 11.1 Å². The second-order valence-electron chi connectivity index (χ2n) is 4.86. The Morgan fingerprint density at radius 2 is 2.05 bits per heavy atom. The van der Waals surface area contributed by atoms with E-state index in [1.54, 1.807) is 12.1 Å². The van der Waals surface area contributed by atoms with Crippen LogP contribution in [-0.2, 0) is 4.79 Å². The normalized spacial score (nSPS) is 14.0. The number of hydrogen-bond donors (Lipinski definition) is 3. The van der Waals surface area contributed by atoms with Crippen molar-refractivity contribution >= 4 is 23.7 Å². The van der Waals surface area contributed by atoms with Gasteiger partial charge in [-0.25, -0.2) is 0 Å². The van der Waals surface area contributed by atoms with Crippen molar-refractivity contribution in [2.45, 2.75) is 12.8 Å². The third-order valence-corrected chi connectivity index (χ3v) is 3.34. The number of anilines is 2. The Bertz CT molecular complexity index is 656. The molecule has 6 nitrogen and oxygen atoms in total. The van der Waals surface area contributed by atoms with Gasteiger partial charge < -0.3 is 11.1 Å². The number of benzene rings is 1. The maximum absolute atomic E-state index is 11.6. The number of amides is 1. The van der Waals surface area contributed by atoms with Crippen LogP contribution in [0.25, 0.3) is 11.3 Å². The predicted molar refractivity (Wildman–Crippen MR) is 75.2 cm³/mol. The minimum Gasteiger partial charge on any atom is -0.382 e. The Hall–Kier alpha value is -2.63. The van der Waals surface area contributed by atoms with E-state index in [-0.39, 0.29) is 17.6 Å². The molecule has 1 aromatic heterocycles. The van der Waals surface area contributed by atoms with Gasteiger partial charge in [0.05, 0.1) is 11.3 Å². The van der Waals surface area contributed by atoms with E-state index in [2.05, 4.69) is 15.5 Å². The molecular formula is C14H14N4O2. The first kappa shape index (κ1) is 12.4. The van der Waals surface area contributed by atoms with Gasteiger partial charge in [-0.15, -0.1) is 0 Å². The SMILES string of the molecule is Nc1n[nH]c(-c2ccc(NC(=O)C3CC3)cc2)c1C=O. The molecule has 1 aliphatic rings. The molecule has 0 bridgehead atoms. The summed E-state index contributed by atoms with van der Waals surface area (Å²) in [7, 11) is 0. The predicted octanol–water partition coefficient (Wildman–Crippen LogP) is 1.82. The summed E-state index contributed by atoms with van der Waals surface area (Å²) in [6.45, 7) is 0.